The van der Waals surface area contributed by atoms with Gasteiger partial charge in [-0.05, 0) is 18.1 Å². The topological polar surface area (TPSA) is 54.7 Å². The van der Waals surface area contributed by atoms with Crippen LogP contribution < -0.4 is 5.73 Å². The number of nitrogens with one attached hydrogen (secondary N) is 1. The molecule has 3 nitrogen and oxygen atoms in total. The summed E-state index contributed by atoms with van der Waals surface area (Å²) in [4.78, 5) is 0. The number of rotatable bonds is 3. The third kappa shape index (κ3) is 3.03. The zero-order valence-corrected chi connectivity index (χ0v) is 9.37. The number of alkyl halides is 2. The van der Waals surface area contributed by atoms with Crippen molar-refractivity contribution in [1.29, 1.82) is 0 Å². The summed E-state index contributed by atoms with van der Waals surface area (Å²) in [6.45, 7) is 0.913. The highest BCUT2D eigenvalue weighted by atomic mass is 19.3. The molecule has 0 bridgehead atoms. The average molecular weight is 237 g/mol. The maximum atomic E-state index is 12.8. The van der Waals surface area contributed by atoms with Crippen LogP contribution in [0, 0.1) is 0 Å². The van der Waals surface area contributed by atoms with Crippen LogP contribution in [-0.2, 0) is 6.42 Å². The van der Waals surface area contributed by atoms with E-state index in [1.165, 1.54) is 0 Å². The second kappa shape index (κ2) is 4.16. The first-order chi connectivity index (χ1) is 7.94. The molecule has 0 spiro atoms. The van der Waals surface area contributed by atoms with Crippen molar-refractivity contribution < 1.29 is 8.78 Å². The second-order valence-electron chi connectivity index (χ2n) is 4.15. The molecular formula is C12H13F2N3. The molecule has 0 radical (unpaired) electrons. The Kier molecular flexibility index (Phi) is 2.83. The summed E-state index contributed by atoms with van der Waals surface area (Å²) in [5.41, 5.74) is 7.74. The van der Waals surface area contributed by atoms with Crippen LogP contribution in [0.1, 0.15) is 12.5 Å². The number of anilines is 1. The van der Waals surface area contributed by atoms with Gasteiger partial charge in [-0.3, -0.25) is 5.10 Å². The number of nitrogens with zero attached hydrogens (tertiary/aromatic N) is 1. The number of hydrogen-bond donors (Lipinski definition) is 2. The fourth-order valence-electron chi connectivity index (χ4n) is 1.65. The lowest BCUT2D eigenvalue weighted by atomic mass is 10.0. The van der Waals surface area contributed by atoms with Crippen molar-refractivity contribution in [2.45, 2.75) is 19.3 Å². The molecular weight excluding hydrogens is 224 g/mol. The molecule has 5 heteroatoms. The molecule has 17 heavy (non-hydrogen) atoms. The lowest BCUT2D eigenvalue weighted by molar-refractivity contribution is 0.0226. The van der Waals surface area contributed by atoms with Gasteiger partial charge in [-0.15, -0.1) is 0 Å². The van der Waals surface area contributed by atoms with Gasteiger partial charge in [-0.2, -0.15) is 5.10 Å². The number of halogens is 2. The van der Waals surface area contributed by atoms with E-state index in [9.17, 15) is 8.78 Å². The van der Waals surface area contributed by atoms with E-state index in [1.807, 2.05) is 0 Å². The standard InChI is InChI=1S/C12H13F2N3/c1-12(13,14)7-8-2-4-9(5-3-8)10-6-11(15)17-16-10/h2-6H,7H2,1H3,(H3,15,16,17). The summed E-state index contributed by atoms with van der Waals surface area (Å²) in [6.07, 6.45) is -0.252. The lowest BCUT2D eigenvalue weighted by Gasteiger charge is -2.10. The summed E-state index contributed by atoms with van der Waals surface area (Å²) in [5, 5.41) is 6.57. The van der Waals surface area contributed by atoms with E-state index in [2.05, 4.69) is 10.2 Å². The molecule has 0 amide bonds. The highest BCUT2D eigenvalue weighted by Gasteiger charge is 2.21. The zero-order chi connectivity index (χ0) is 12.5. The van der Waals surface area contributed by atoms with Crippen molar-refractivity contribution in [3.8, 4) is 11.3 Å². The molecule has 0 aliphatic rings. The van der Waals surface area contributed by atoms with Crippen LogP contribution in [0.15, 0.2) is 30.3 Å². The van der Waals surface area contributed by atoms with E-state index >= 15 is 0 Å². The van der Waals surface area contributed by atoms with Crippen LogP contribution in [0.25, 0.3) is 11.3 Å². The summed E-state index contributed by atoms with van der Waals surface area (Å²) < 4.78 is 25.6. The Bertz CT molecular complexity index is 497. The smallest absolute Gasteiger partial charge is 0.249 e. The first-order valence-corrected chi connectivity index (χ1v) is 5.22. The fraction of sp³-hybridized carbons (Fsp3) is 0.250. The molecule has 0 aliphatic carbocycles. The number of H-pyrrole nitrogens is 1. The number of aromatic nitrogens is 2. The second-order valence-corrected chi connectivity index (χ2v) is 4.15. The van der Waals surface area contributed by atoms with E-state index in [4.69, 9.17) is 5.73 Å². The Morgan fingerprint density at radius 1 is 1.29 bits per heavy atom. The molecule has 2 aromatic rings. The summed E-state index contributed by atoms with van der Waals surface area (Å²) >= 11 is 0. The first-order valence-electron chi connectivity index (χ1n) is 5.22. The number of aromatic amines is 1. The summed E-state index contributed by atoms with van der Waals surface area (Å²) in [7, 11) is 0. The molecule has 1 heterocycles. The van der Waals surface area contributed by atoms with E-state index in [0.29, 0.717) is 11.4 Å². The van der Waals surface area contributed by atoms with Crippen LogP contribution in [0.2, 0.25) is 0 Å². The summed E-state index contributed by atoms with van der Waals surface area (Å²) in [6, 6.07) is 8.61. The SMILES string of the molecule is CC(F)(F)Cc1ccc(-c2cc(N)n[nH]2)cc1. The Morgan fingerprint density at radius 2 is 1.94 bits per heavy atom. The van der Waals surface area contributed by atoms with E-state index in [0.717, 1.165) is 18.2 Å². The monoisotopic (exact) mass is 237 g/mol. The van der Waals surface area contributed by atoms with Crippen molar-refractivity contribution in [2.75, 3.05) is 5.73 Å². The van der Waals surface area contributed by atoms with Crippen LogP contribution in [0.3, 0.4) is 0 Å². The lowest BCUT2D eigenvalue weighted by Crippen LogP contribution is -2.13. The number of hydrogen-bond acceptors (Lipinski definition) is 2. The van der Waals surface area contributed by atoms with Gasteiger partial charge in [0, 0.05) is 12.5 Å². The molecule has 90 valence electrons. The van der Waals surface area contributed by atoms with Gasteiger partial charge < -0.3 is 5.73 Å². The molecule has 1 aromatic heterocycles. The van der Waals surface area contributed by atoms with Crippen molar-refractivity contribution in [3.05, 3.63) is 35.9 Å². The average Bonchev–Trinajstić information content (AvgIpc) is 2.63. The number of nitrogens with two attached hydrogens (primary N) is 1. The van der Waals surface area contributed by atoms with Gasteiger partial charge >= 0.3 is 0 Å². The normalized spacial score (nSPS) is 11.7. The largest absolute Gasteiger partial charge is 0.382 e. The third-order valence-electron chi connectivity index (χ3n) is 2.38. The van der Waals surface area contributed by atoms with Gasteiger partial charge in [0.25, 0.3) is 0 Å². The Hall–Kier alpha value is -1.91. The fourth-order valence-corrected chi connectivity index (χ4v) is 1.65. The Morgan fingerprint density at radius 3 is 2.41 bits per heavy atom. The number of benzene rings is 1. The molecule has 0 unspecified atom stereocenters. The van der Waals surface area contributed by atoms with E-state index in [1.54, 1.807) is 30.3 Å². The minimum Gasteiger partial charge on any atom is -0.382 e. The van der Waals surface area contributed by atoms with Crippen LogP contribution >= 0.6 is 0 Å². The van der Waals surface area contributed by atoms with E-state index in [-0.39, 0.29) is 6.42 Å². The van der Waals surface area contributed by atoms with Gasteiger partial charge in [-0.1, -0.05) is 24.3 Å². The first kappa shape index (κ1) is 11.6. The molecule has 0 saturated heterocycles. The predicted octanol–water partition coefficient (Wildman–Crippen LogP) is 2.86. The Balaban J connectivity index is 2.19. The van der Waals surface area contributed by atoms with Gasteiger partial charge in [-0.25, -0.2) is 8.78 Å². The van der Waals surface area contributed by atoms with Crippen molar-refractivity contribution in [3.63, 3.8) is 0 Å². The van der Waals surface area contributed by atoms with Crippen LogP contribution in [0.4, 0.5) is 14.6 Å². The highest BCUT2D eigenvalue weighted by Crippen LogP contribution is 2.22. The maximum Gasteiger partial charge on any atom is 0.249 e. The molecule has 0 fully saturated rings. The molecule has 2 rings (SSSR count). The minimum atomic E-state index is -2.68. The van der Waals surface area contributed by atoms with Gasteiger partial charge in [0.2, 0.25) is 5.92 Å². The van der Waals surface area contributed by atoms with Gasteiger partial charge in [0.1, 0.15) is 5.82 Å². The van der Waals surface area contributed by atoms with Gasteiger partial charge in [0.15, 0.2) is 0 Å². The van der Waals surface area contributed by atoms with E-state index < -0.39 is 5.92 Å². The zero-order valence-electron chi connectivity index (χ0n) is 9.37. The predicted molar refractivity (Wildman–Crippen MR) is 62.8 cm³/mol. The van der Waals surface area contributed by atoms with Crippen LogP contribution in [0.5, 0.6) is 0 Å². The number of nitrogen functional groups attached to an aromatic ring is 1. The maximum absolute atomic E-state index is 12.8. The van der Waals surface area contributed by atoms with Crippen molar-refractivity contribution >= 4 is 5.82 Å². The summed E-state index contributed by atoms with van der Waals surface area (Å²) in [5.74, 6) is -2.27. The molecule has 1 aromatic carbocycles. The molecule has 3 N–H and O–H groups in total. The molecule has 0 atom stereocenters. The molecule has 0 aliphatic heterocycles. The van der Waals surface area contributed by atoms with Gasteiger partial charge in [0.05, 0.1) is 5.69 Å². The quantitative estimate of drug-likeness (QED) is 0.862. The highest BCUT2D eigenvalue weighted by molar-refractivity contribution is 5.62. The van der Waals surface area contributed by atoms with Crippen molar-refractivity contribution in [2.24, 2.45) is 0 Å². The Labute approximate surface area is 97.7 Å². The minimum absolute atomic E-state index is 0.252. The van der Waals surface area contributed by atoms with Crippen molar-refractivity contribution in [1.82, 2.24) is 10.2 Å². The van der Waals surface area contributed by atoms with Crippen LogP contribution in [-0.4, -0.2) is 16.1 Å². The molecule has 0 saturated carbocycles. The third-order valence-corrected chi connectivity index (χ3v) is 2.38.